The highest BCUT2D eigenvalue weighted by atomic mass is 16.2. The van der Waals surface area contributed by atoms with E-state index in [-0.39, 0.29) is 11.5 Å². The van der Waals surface area contributed by atoms with Crippen molar-refractivity contribution in [3.63, 3.8) is 0 Å². The first-order chi connectivity index (χ1) is 12.0. The Morgan fingerprint density at radius 2 is 1.60 bits per heavy atom. The molecule has 4 heteroatoms. The van der Waals surface area contributed by atoms with Gasteiger partial charge in [-0.3, -0.25) is 9.59 Å². The van der Waals surface area contributed by atoms with Crippen LogP contribution in [0.1, 0.15) is 27.0 Å². The molecule has 0 saturated carbocycles. The maximum Gasteiger partial charge on any atom is 0.257 e. The predicted molar refractivity (Wildman–Crippen MR) is 100 cm³/mol. The van der Waals surface area contributed by atoms with Crippen LogP contribution in [-0.2, 0) is 6.54 Å². The van der Waals surface area contributed by atoms with E-state index in [1.54, 1.807) is 16.8 Å². The van der Waals surface area contributed by atoms with Crippen LogP contribution in [0, 0.1) is 13.8 Å². The van der Waals surface area contributed by atoms with Crippen LogP contribution in [0.5, 0.6) is 0 Å². The molecule has 4 nitrogen and oxygen atoms in total. The summed E-state index contributed by atoms with van der Waals surface area (Å²) < 4.78 is 1.56. The molecule has 1 aromatic heterocycles. The van der Waals surface area contributed by atoms with Crippen molar-refractivity contribution in [1.29, 1.82) is 0 Å². The van der Waals surface area contributed by atoms with E-state index in [0.29, 0.717) is 12.1 Å². The molecule has 0 aliphatic heterocycles. The van der Waals surface area contributed by atoms with Crippen molar-refractivity contribution in [2.24, 2.45) is 0 Å². The van der Waals surface area contributed by atoms with Crippen molar-refractivity contribution in [2.75, 3.05) is 5.32 Å². The summed E-state index contributed by atoms with van der Waals surface area (Å²) in [5.41, 5.74) is 4.26. The molecule has 1 amide bonds. The fraction of sp³-hybridized carbons (Fsp3) is 0.143. The molecule has 1 N–H and O–H groups in total. The molecule has 0 atom stereocenters. The third kappa shape index (κ3) is 3.86. The molecule has 0 saturated heterocycles. The predicted octanol–water partition coefficient (Wildman–Crippen LogP) is 3.77. The Kier molecular flexibility index (Phi) is 4.80. The second-order valence-electron chi connectivity index (χ2n) is 6.08. The molecule has 0 fully saturated rings. The summed E-state index contributed by atoms with van der Waals surface area (Å²) in [5.74, 6) is -0.229. The van der Waals surface area contributed by atoms with Gasteiger partial charge in [0.05, 0.1) is 12.1 Å². The Morgan fingerprint density at radius 1 is 0.920 bits per heavy atom. The summed E-state index contributed by atoms with van der Waals surface area (Å²) in [7, 11) is 0. The normalized spacial score (nSPS) is 10.5. The minimum Gasteiger partial charge on any atom is -0.322 e. The Labute approximate surface area is 146 Å². The zero-order valence-electron chi connectivity index (χ0n) is 14.3. The molecule has 126 valence electrons. The maximum atomic E-state index is 12.5. The number of carbonyl (C=O) groups is 1. The number of para-hydroxylation sites is 1. The fourth-order valence-corrected chi connectivity index (χ4v) is 2.67. The van der Waals surface area contributed by atoms with Gasteiger partial charge < -0.3 is 9.88 Å². The molecule has 1 heterocycles. The summed E-state index contributed by atoms with van der Waals surface area (Å²) in [4.78, 5) is 24.7. The minimum absolute atomic E-state index is 0.129. The van der Waals surface area contributed by atoms with E-state index in [4.69, 9.17) is 0 Å². The SMILES string of the molecule is Cc1ccccc1Cn1cc(C(=O)Nc2ccccc2C)ccc1=O. The van der Waals surface area contributed by atoms with Crippen molar-refractivity contribution in [3.8, 4) is 0 Å². The lowest BCUT2D eigenvalue weighted by Crippen LogP contribution is -2.23. The van der Waals surface area contributed by atoms with Crippen LogP contribution in [0.15, 0.2) is 71.7 Å². The molecule has 0 spiro atoms. The lowest BCUT2D eigenvalue weighted by molar-refractivity contribution is 0.102. The van der Waals surface area contributed by atoms with Crippen LogP contribution in [0.3, 0.4) is 0 Å². The second-order valence-corrected chi connectivity index (χ2v) is 6.08. The van der Waals surface area contributed by atoms with E-state index >= 15 is 0 Å². The van der Waals surface area contributed by atoms with E-state index < -0.39 is 0 Å². The number of anilines is 1. The number of amides is 1. The van der Waals surface area contributed by atoms with Gasteiger partial charge in [0, 0.05) is 18.0 Å². The third-order valence-corrected chi connectivity index (χ3v) is 4.24. The number of nitrogens with zero attached hydrogens (tertiary/aromatic N) is 1. The van der Waals surface area contributed by atoms with E-state index in [1.165, 1.54) is 6.07 Å². The standard InChI is InChI=1S/C21H20N2O2/c1-15-7-3-5-9-17(15)13-23-14-18(11-12-20(23)24)21(25)22-19-10-6-4-8-16(19)2/h3-12,14H,13H2,1-2H3,(H,22,25). The van der Waals surface area contributed by atoms with Gasteiger partial charge in [-0.15, -0.1) is 0 Å². The highest BCUT2D eigenvalue weighted by Gasteiger charge is 2.10. The van der Waals surface area contributed by atoms with Gasteiger partial charge in [-0.05, 0) is 42.7 Å². The third-order valence-electron chi connectivity index (χ3n) is 4.24. The van der Waals surface area contributed by atoms with Gasteiger partial charge in [0.25, 0.3) is 11.5 Å². The average molecular weight is 332 g/mol. The fourth-order valence-electron chi connectivity index (χ4n) is 2.67. The Bertz CT molecular complexity index is 973. The largest absolute Gasteiger partial charge is 0.322 e. The van der Waals surface area contributed by atoms with E-state index in [0.717, 1.165) is 22.4 Å². The minimum atomic E-state index is -0.229. The van der Waals surface area contributed by atoms with Crippen molar-refractivity contribution < 1.29 is 4.79 Å². The molecule has 0 radical (unpaired) electrons. The number of rotatable bonds is 4. The van der Waals surface area contributed by atoms with Gasteiger partial charge in [0.1, 0.15) is 0 Å². The number of hydrogen-bond acceptors (Lipinski definition) is 2. The van der Waals surface area contributed by atoms with Crippen molar-refractivity contribution in [3.05, 3.63) is 99.5 Å². The molecule has 0 bridgehead atoms. The van der Waals surface area contributed by atoms with Gasteiger partial charge in [-0.1, -0.05) is 42.5 Å². The number of carbonyl (C=O) groups excluding carboxylic acids is 1. The number of aryl methyl sites for hydroxylation is 2. The number of aromatic nitrogens is 1. The monoisotopic (exact) mass is 332 g/mol. The molecule has 0 unspecified atom stereocenters. The quantitative estimate of drug-likeness (QED) is 0.791. The van der Waals surface area contributed by atoms with E-state index in [9.17, 15) is 9.59 Å². The number of pyridine rings is 1. The molecule has 2 aromatic carbocycles. The lowest BCUT2D eigenvalue weighted by atomic mass is 10.1. The zero-order valence-corrected chi connectivity index (χ0v) is 14.3. The first-order valence-electron chi connectivity index (χ1n) is 8.16. The van der Waals surface area contributed by atoms with Crippen LogP contribution in [0.2, 0.25) is 0 Å². The van der Waals surface area contributed by atoms with Gasteiger partial charge in [-0.2, -0.15) is 0 Å². The molecular weight excluding hydrogens is 312 g/mol. The summed E-state index contributed by atoms with van der Waals surface area (Å²) in [6.07, 6.45) is 1.61. The van der Waals surface area contributed by atoms with Gasteiger partial charge >= 0.3 is 0 Å². The second kappa shape index (κ2) is 7.18. The topological polar surface area (TPSA) is 51.1 Å². The van der Waals surface area contributed by atoms with Gasteiger partial charge in [-0.25, -0.2) is 0 Å². The van der Waals surface area contributed by atoms with Crippen molar-refractivity contribution >= 4 is 11.6 Å². The van der Waals surface area contributed by atoms with Gasteiger partial charge in [0.15, 0.2) is 0 Å². The Morgan fingerprint density at radius 3 is 2.32 bits per heavy atom. The van der Waals surface area contributed by atoms with E-state index in [2.05, 4.69) is 5.32 Å². The van der Waals surface area contributed by atoms with Crippen LogP contribution in [0.4, 0.5) is 5.69 Å². The average Bonchev–Trinajstić information content (AvgIpc) is 2.60. The number of hydrogen-bond donors (Lipinski definition) is 1. The van der Waals surface area contributed by atoms with Crippen LogP contribution in [-0.4, -0.2) is 10.5 Å². The summed E-state index contributed by atoms with van der Waals surface area (Å²) in [6, 6.07) is 18.5. The lowest BCUT2D eigenvalue weighted by Gasteiger charge is -2.11. The Balaban J connectivity index is 1.86. The maximum absolute atomic E-state index is 12.5. The van der Waals surface area contributed by atoms with Crippen molar-refractivity contribution in [2.45, 2.75) is 20.4 Å². The van der Waals surface area contributed by atoms with Crippen LogP contribution in [0.25, 0.3) is 0 Å². The van der Waals surface area contributed by atoms with Crippen LogP contribution < -0.4 is 10.9 Å². The molecule has 25 heavy (non-hydrogen) atoms. The summed E-state index contributed by atoms with van der Waals surface area (Å²) in [6.45, 7) is 4.39. The molecule has 0 aliphatic rings. The highest BCUT2D eigenvalue weighted by Crippen LogP contribution is 2.15. The number of benzene rings is 2. The van der Waals surface area contributed by atoms with Crippen LogP contribution >= 0.6 is 0 Å². The first kappa shape index (κ1) is 16.7. The zero-order chi connectivity index (χ0) is 17.8. The molecular formula is C21H20N2O2. The summed E-state index contributed by atoms with van der Waals surface area (Å²) in [5, 5.41) is 2.89. The summed E-state index contributed by atoms with van der Waals surface area (Å²) >= 11 is 0. The molecule has 3 rings (SSSR count). The molecule has 3 aromatic rings. The smallest absolute Gasteiger partial charge is 0.257 e. The number of nitrogens with one attached hydrogen (secondary N) is 1. The highest BCUT2D eigenvalue weighted by molar-refractivity contribution is 6.04. The van der Waals surface area contributed by atoms with E-state index in [1.807, 2.05) is 62.4 Å². The first-order valence-corrected chi connectivity index (χ1v) is 8.16. The van der Waals surface area contributed by atoms with Gasteiger partial charge in [0.2, 0.25) is 0 Å². The Hall–Kier alpha value is -3.14. The molecule has 0 aliphatic carbocycles. The van der Waals surface area contributed by atoms with Crippen molar-refractivity contribution in [1.82, 2.24) is 4.57 Å².